The third kappa shape index (κ3) is 2.68. The Morgan fingerprint density at radius 1 is 1.04 bits per heavy atom. The van der Waals surface area contributed by atoms with Gasteiger partial charge in [0.2, 0.25) is 0 Å². The number of hydrogen-bond donors (Lipinski definition) is 1. The van der Waals surface area contributed by atoms with Gasteiger partial charge in [-0.05, 0) is 37.3 Å². The molecule has 0 amide bonds. The van der Waals surface area contributed by atoms with Crippen LogP contribution in [0.15, 0.2) is 47.5 Å². The highest BCUT2D eigenvalue weighted by molar-refractivity contribution is 6.33. The molecule has 0 spiro atoms. The maximum Gasteiger partial charge on any atom is 0.335 e. The van der Waals surface area contributed by atoms with Crippen LogP contribution in [-0.2, 0) is 0 Å². The third-order valence-electron chi connectivity index (χ3n) is 3.76. The summed E-state index contributed by atoms with van der Waals surface area (Å²) in [6, 6.07) is 11.1. The number of rotatable bonds is 3. The quantitative estimate of drug-likeness (QED) is 0.697. The van der Waals surface area contributed by atoms with Crippen molar-refractivity contribution < 1.29 is 19.5 Å². The van der Waals surface area contributed by atoms with Crippen molar-refractivity contribution in [1.82, 2.24) is 0 Å². The lowest BCUT2D eigenvalue weighted by Crippen LogP contribution is -2.16. The summed E-state index contributed by atoms with van der Waals surface area (Å²) < 4.78 is 0. The highest BCUT2D eigenvalue weighted by Gasteiger charge is 2.37. The van der Waals surface area contributed by atoms with Crippen LogP contribution in [0.5, 0.6) is 0 Å². The SMILES string of the molecule is Cc1ccc2c(c1)C(=O)C(C=Nc1ccc(C(=O)O)cc1)C2=O. The number of carbonyl (C=O) groups excluding carboxylic acids is 2. The number of carboxylic acid groups (broad SMARTS) is 1. The highest BCUT2D eigenvalue weighted by Crippen LogP contribution is 2.27. The van der Waals surface area contributed by atoms with Crippen LogP contribution in [0.4, 0.5) is 5.69 Å². The van der Waals surface area contributed by atoms with E-state index >= 15 is 0 Å². The molecule has 2 aromatic carbocycles. The van der Waals surface area contributed by atoms with Crippen LogP contribution in [0.25, 0.3) is 0 Å². The van der Waals surface area contributed by atoms with Crippen LogP contribution in [0, 0.1) is 12.8 Å². The zero-order valence-corrected chi connectivity index (χ0v) is 12.3. The highest BCUT2D eigenvalue weighted by atomic mass is 16.4. The molecule has 5 heteroatoms. The predicted octanol–water partition coefficient (Wildman–Crippen LogP) is 3.09. The molecule has 1 aliphatic rings. The summed E-state index contributed by atoms with van der Waals surface area (Å²) >= 11 is 0. The van der Waals surface area contributed by atoms with Crippen LogP contribution < -0.4 is 0 Å². The summed E-state index contributed by atoms with van der Waals surface area (Å²) in [6.07, 6.45) is 1.33. The first-order valence-corrected chi connectivity index (χ1v) is 7.04. The number of fused-ring (bicyclic) bond motifs is 1. The molecule has 23 heavy (non-hydrogen) atoms. The van der Waals surface area contributed by atoms with Crippen molar-refractivity contribution in [3.63, 3.8) is 0 Å². The van der Waals surface area contributed by atoms with E-state index in [1.54, 1.807) is 18.2 Å². The topological polar surface area (TPSA) is 83.8 Å². The van der Waals surface area contributed by atoms with Gasteiger partial charge >= 0.3 is 5.97 Å². The number of carboxylic acids is 1. The fraction of sp³-hybridized carbons (Fsp3) is 0.111. The molecule has 1 atom stereocenters. The van der Waals surface area contributed by atoms with Crippen molar-refractivity contribution in [2.45, 2.75) is 6.92 Å². The van der Waals surface area contributed by atoms with Gasteiger partial charge in [-0.15, -0.1) is 0 Å². The van der Waals surface area contributed by atoms with Gasteiger partial charge in [0.1, 0.15) is 5.92 Å². The molecule has 0 saturated heterocycles. The minimum Gasteiger partial charge on any atom is -0.478 e. The maximum absolute atomic E-state index is 12.3. The fourth-order valence-corrected chi connectivity index (χ4v) is 2.52. The van der Waals surface area contributed by atoms with Gasteiger partial charge in [0.25, 0.3) is 0 Å². The molecule has 1 N–H and O–H groups in total. The first kappa shape index (κ1) is 14.8. The standard InChI is InChI=1S/C18H13NO4/c1-10-2-7-13-14(8-10)17(21)15(16(13)20)9-19-12-5-3-11(4-6-12)18(22)23/h2-9,15H,1H3,(H,22,23). The van der Waals surface area contributed by atoms with Crippen LogP contribution in [-0.4, -0.2) is 28.9 Å². The normalized spacial score (nSPS) is 16.8. The van der Waals surface area contributed by atoms with E-state index in [4.69, 9.17) is 5.11 Å². The number of ketones is 2. The number of aryl methyl sites for hydroxylation is 1. The Morgan fingerprint density at radius 2 is 1.70 bits per heavy atom. The molecule has 114 valence electrons. The second-order valence-corrected chi connectivity index (χ2v) is 5.39. The van der Waals surface area contributed by atoms with Crippen molar-refractivity contribution >= 4 is 29.4 Å². The number of benzene rings is 2. The van der Waals surface area contributed by atoms with Gasteiger partial charge in [0, 0.05) is 17.3 Å². The molecule has 0 radical (unpaired) electrons. The van der Waals surface area contributed by atoms with Crippen LogP contribution in [0.3, 0.4) is 0 Å². The lowest BCUT2D eigenvalue weighted by atomic mass is 10.1. The van der Waals surface area contributed by atoms with Gasteiger partial charge in [-0.3, -0.25) is 14.6 Å². The predicted molar refractivity (Wildman–Crippen MR) is 84.9 cm³/mol. The number of nitrogens with zero attached hydrogens (tertiary/aromatic N) is 1. The second-order valence-electron chi connectivity index (χ2n) is 5.39. The number of aliphatic imine (C=N–C) groups is 1. The van der Waals surface area contributed by atoms with Gasteiger partial charge < -0.3 is 5.11 Å². The molecule has 2 aromatic rings. The average molecular weight is 307 g/mol. The van der Waals surface area contributed by atoms with Crippen LogP contribution in [0.2, 0.25) is 0 Å². The van der Waals surface area contributed by atoms with E-state index in [2.05, 4.69) is 4.99 Å². The number of hydrogen-bond acceptors (Lipinski definition) is 4. The molecule has 0 aliphatic heterocycles. The van der Waals surface area contributed by atoms with E-state index in [9.17, 15) is 14.4 Å². The second kappa shape index (κ2) is 5.61. The van der Waals surface area contributed by atoms with Crippen molar-refractivity contribution in [3.8, 4) is 0 Å². The zero-order chi connectivity index (χ0) is 16.6. The summed E-state index contributed by atoms with van der Waals surface area (Å²) in [7, 11) is 0. The maximum atomic E-state index is 12.3. The first-order chi connectivity index (χ1) is 11.0. The third-order valence-corrected chi connectivity index (χ3v) is 3.76. The summed E-state index contributed by atoms with van der Waals surface area (Å²) in [4.78, 5) is 39.6. The van der Waals surface area contributed by atoms with Gasteiger partial charge in [-0.1, -0.05) is 17.7 Å². The number of aromatic carboxylic acids is 1. The van der Waals surface area contributed by atoms with Gasteiger partial charge in [-0.25, -0.2) is 4.79 Å². The van der Waals surface area contributed by atoms with Crippen LogP contribution >= 0.6 is 0 Å². The minimum atomic E-state index is -1.02. The Kier molecular flexibility index (Phi) is 3.62. The molecule has 0 fully saturated rings. The smallest absolute Gasteiger partial charge is 0.335 e. The molecule has 1 unspecified atom stereocenters. The molecule has 5 nitrogen and oxygen atoms in total. The monoisotopic (exact) mass is 307 g/mol. The average Bonchev–Trinajstić information content (AvgIpc) is 2.77. The van der Waals surface area contributed by atoms with E-state index in [1.807, 2.05) is 6.92 Å². The van der Waals surface area contributed by atoms with E-state index < -0.39 is 11.9 Å². The van der Waals surface area contributed by atoms with Crippen molar-refractivity contribution in [2.75, 3.05) is 0 Å². The molecule has 3 rings (SSSR count). The Hall–Kier alpha value is -3.08. The zero-order valence-electron chi connectivity index (χ0n) is 12.3. The molecule has 1 aliphatic carbocycles. The molecule has 0 saturated carbocycles. The number of carbonyl (C=O) groups is 3. The summed E-state index contributed by atoms with van der Waals surface area (Å²) in [5.41, 5.74) is 2.43. The van der Waals surface area contributed by atoms with Gasteiger partial charge in [0.05, 0.1) is 11.3 Å². The van der Waals surface area contributed by atoms with E-state index in [0.717, 1.165) is 5.56 Å². The molecule has 0 heterocycles. The Bertz CT molecular complexity index is 850. The summed E-state index contributed by atoms with van der Waals surface area (Å²) in [5.74, 6) is -2.44. The van der Waals surface area contributed by atoms with Crippen LogP contribution in [0.1, 0.15) is 36.6 Å². The number of Topliss-reactive ketones (excluding diaryl/α,β-unsaturated/α-hetero) is 2. The van der Waals surface area contributed by atoms with E-state index in [-0.39, 0.29) is 17.1 Å². The van der Waals surface area contributed by atoms with Gasteiger partial charge in [-0.2, -0.15) is 0 Å². The molecular weight excluding hydrogens is 294 g/mol. The van der Waals surface area contributed by atoms with Crippen molar-refractivity contribution in [3.05, 3.63) is 64.7 Å². The Balaban J connectivity index is 1.85. The summed E-state index contributed by atoms with van der Waals surface area (Å²) in [5, 5.41) is 8.84. The van der Waals surface area contributed by atoms with E-state index in [0.29, 0.717) is 16.8 Å². The summed E-state index contributed by atoms with van der Waals surface area (Å²) in [6.45, 7) is 1.86. The molecule has 0 aromatic heterocycles. The molecule has 0 bridgehead atoms. The fourth-order valence-electron chi connectivity index (χ4n) is 2.52. The minimum absolute atomic E-state index is 0.153. The lowest BCUT2D eigenvalue weighted by Gasteiger charge is -1.99. The first-order valence-electron chi connectivity index (χ1n) is 7.04. The van der Waals surface area contributed by atoms with Gasteiger partial charge in [0.15, 0.2) is 11.6 Å². The Labute approximate surface area is 132 Å². The van der Waals surface area contributed by atoms with E-state index in [1.165, 1.54) is 30.5 Å². The Morgan fingerprint density at radius 3 is 2.35 bits per heavy atom. The van der Waals surface area contributed by atoms with Crippen molar-refractivity contribution in [2.24, 2.45) is 10.9 Å². The largest absolute Gasteiger partial charge is 0.478 e. The molecular formula is C18H13NO4. The lowest BCUT2D eigenvalue weighted by molar-refractivity contribution is 0.0696. The van der Waals surface area contributed by atoms with Crippen molar-refractivity contribution in [1.29, 1.82) is 0 Å².